The number of piperidine rings is 1. The molecule has 8 heteroatoms. The molecule has 3 aromatic carbocycles. The minimum atomic E-state index is -1.06. The Morgan fingerprint density at radius 3 is 2.65 bits per heavy atom. The van der Waals surface area contributed by atoms with Crippen LogP contribution >= 0.6 is 0 Å². The van der Waals surface area contributed by atoms with Crippen molar-refractivity contribution in [1.82, 2.24) is 0 Å². The van der Waals surface area contributed by atoms with Gasteiger partial charge >= 0.3 is 7.12 Å². The van der Waals surface area contributed by atoms with E-state index in [0.29, 0.717) is 39.8 Å². The van der Waals surface area contributed by atoms with Crippen molar-refractivity contribution < 1.29 is 14.2 Å². The van der Waals surface area contributed by atoms with Crippen molar-refractivity contribution in [2.24, 2.45) is 10.6 Å². The third kappa shape index (κ3) is 4.88. The average Bonchev–Trinajstić information content (AvgIpc) is 2.94. The predicted molar refractivity (Wildman–Crippen MR) is 163 cm³/mol. The Hall–Kier alpha value is -4.04. The quantitative estimate of drug-likeness (QED) is 0.335. The normalized spacial score (nSPS) is 16.1. The van der Waals surface area contributed by atoms with Gasteiger partial charge < -0.3 is 24.4 Å². The van der Waals surface area contributed by atoms with Crippen LogP contribution in [-0.4, -0.2) is 31.4 Å². The molecule has 1 fully saturated rings. The second-order valence-electron chi connectivity index (χ2n) is 11.7. The molecule has 0 unspecified atom stereocenters. The van der Waals surface area contributed by atoms with Gasteiger partial charge in [0.2, 0.25) is 5.88 Å². The molecule has 2 aliphatic rings. The van der Waals surface area contributed by atoms with Crippen LogP contribution in [0.4, 0.5) is 11.6 Å². The fourth-order valence-corrected chi connectivity index (χ4v) is 5.72. The minimum absolute atomic E-state index is 0.0355. The molecule has 1 saturated heterocycles. The highest BCUT2D eigenvalue weighted by Crippen LogP contribution is 2.35. The number of oxime groups is 1. The molecule has 6 rings (SSSR count). The van der Waals surface area contributed by atoms with E-state index in [4.69, 9.17) is 9.17 Å². The van der Waals surface area contributed by atoms with Gasteiger partial charge in [-0.2, -0.15) is 0 Å². The lowest BCUT2D eigenvalue weighted by atomic mass is 9.75. The molecule has 0 atom stereocenters. The first-order valence-electron chi connectivity index (χ1n) is 13.9. The second kappa shape index (κ2) is 10.2. The summed E-state index contributed by atoms with van der Waals surface area (Å²) in [5, 5.41) is 18.1. The van der Waals surface area contributed by atoms with E-state index in [9.17, 15) is 9.82 Å². The van der Waals surface area contributed by atoms with Crippen molar-refractivity contribution in [3.05, 3.63) is 87.1 Å². The van der Waals surface area contributed by atoms with Gasteiger partial charge in [0.1, 0.15) is 5.58 Å². The van der Waals surface area contributed by atoms with E-state index >= 15 is 0 Å². The van der Waals surface area contributed by atoms with Gasteiger partial charge in [-0.3, -0.25) is 4.79 Å². The lowest BCUT2D eigenvalue weighted by molar-refractivity contribution is 0.274. The number of nitrogens with zero attached hydrogens (tertiary/aromatic N) is 2. The molecule has 204 valence electrons. The van der Waals surface area contributed by atoms with Crippen molar-refractivity contribution in [2.75, 3.05) is 23.3 Å². The number of anilines is 2. The number of para-hydroxylation sites is 1. The van der Waals surface area contributed by atoms with E-state index in [0.717, 1.165) is 59.4 Å². The summed E-state index contributed by atoms with van der Waals surface area (Å²) in [7, 11) is -1.06. The number of rotatable bonds is 5. The third-order valence-electron chi connectivity index (χ3n) is 8.23. The minimum Gasteiger partial charge on any atom is -0.440 e. The van der Waals surface area contributed by atoms with Crippen molar-refractivity contribution in [2.45, 2.75) is 47.1 Å². The molecule has 2 aliphatic heterocycles. The van der Waals surface area contributed by atoms with Gasteiger partial charge in [0.05, 0.1) is 17.2 Å². The molecule has 3 heterocycles. The number of nitrogens with one attached hydrogen (secondary N) is 1. The van der Waals surface area contributed by atoms with Crippen LogP contribution in [0.15, 0.2) is 69.0 Å². The third-order valence-corrected chi connectivity index (χ3v) is 8.23. The molecule has 40 heavy (non-hydrogen) atoms. The molecule has 0 aliphatic carbocycles. The lowest BCUT2D eigenvalue weighted by Crippen LogP contribution is -2.38. The first-order valence-corrected chi connectivity index (χ1v) is 13.9. The molecule has 0 bridgehead atoms. The van der Waals surface area contributed by atoms with E-state index in [1.54, 1.807) is 6.21 Å². The number of hydrogen-bond donors (Lipinski definition) is 2. The van der Waals surface area contributed by atoms with Gasteiger partial charge in [-0.25, -0.2) is 0 Å². The number of fused-ring (bicyclic) bond motifs is 2. The number of benzene rings is 3. The largest absolute Gasteiger partial charge is 0.583 e. The van der Waals surface area contributed by atoms with E-state index in [1.807, 2.05) is 56.3 Å². The molecule has 0 spiro atoms. The highest BCUT2D eigenvalue weighted by Gasteiger charge is 2.29. The topological polar surface area (TPSA) is 87.3 Å². The maximum atomic E-state index is 13.5. The fourth-order valence-electron chi connectivity index (χ4n) is 5.72. The van der Waals surface area contributed by atoms with Crippen LogP contribution in [-0.2, 0) is 11.3 Å². The molecule has 0 radical (unpaired) electrons. The van der Waals surface area contributed by atoms with E-state index in [-0.39, 0.29) is 5.43 Å². The highest BCUT2D eigenvalue weighted by atomic mass is 16.6. The summed E-state index contributed by atoms with van der Waals surface area (Å²) >= 11 is 0. The Kier molecular flexibility index (Phi) is 6.66. The molecule has 1 aromatic heterocycles. The van der Waals surface area contributed by atoms with E-state index < -0.39 is 7.12 Å². The SMILES string of the molecule is Cc1cc(CNc2ccccc2-c2ccc3c(c2)C=NOB3O)c2oc(N3CCC(C)(C)CC3)c(C)c(=O)c2c1. The van der Waals surface area contributed by atoms with Gasteiger partial charge in [0, 0.05) is 41.9 Å². The summed E-state index contributed by atoms with van der Waals surface area (Å²) in [5.74, 6) is 0.695. The Balaban J connectivity index is 1.34. The molecule has 2 N–H and O–H groups in total. The van der Waals surface area contributed by atoms with Crippen molar-refractivity contribution >= 4 is 41.3 Å². The zero-order valence-electron chi connectivity index (χ0n) is 23.5. The van der Waals surface area contributed by atoms with E-state index in [2.05, 4.69) is 41.4 Å². The first-order chi connectivity index (χ1) is 19.2. The van der Waals surface area contributed by atoms with E-state index in [1.165, 1.54) is 0 Å². The second-order valence-corrected chi connectivity index (χ2v) is 11.7. The Morgan fingerprint density at radius 1 is 1.07 bits per heavy atom. The van der Waals surface area contributed by atoms with Gasteiger partial charge in [-0.05, 0) is 67.0 Å². The Bertz CT molecular complexity index is 1680. The van der Waals surface area contributed by atoms with Crippen LogP contribution < -0.4 is 21.1 Å². The molecule has 0 saturated carbocycles. The smallest absolute Gasteiger partial charge is 0.440 e. The van der Waals surface area contributed by atoms with Crippen molar-refractivity contribution in [1.29, 1.82) is 0 Å². The summed E-state index contributed by atoms with van der Waals surface area (Å²) < 4.78 is 11.5. The van der Waals surface area contributed by atoms with Crippen LogP contribution in [0.25, 0.3) is 22.1 Å². The van der Waals surface area contributed by atoms with Crippen LogP contribution in [0.1, 0.15) is 48.9 Å². The summed E-state index contributed by atoms with van der Waals surface area (Å²) in [6.07, 6.45) is 3.74. The van der Waals surface area contributed by atoms with Crippen molar-refractivity contribution in [3.8, 4) is 11.1 Å². The monoisotopic (exact) mass is 535 g/mol. The molecule has 7 nitrogen and oxygen atoms in total. The summed E-state index contributed by atoms with van der Waals surface area (Å²) in [6, 6.07) is 18.0. The van der Waals surface area contributed by atoms with Gasteiger partial charge in [-0.1, -0.05) is 50.2 Å². The fraction of sp³-hybridized carbons (Fsp3) is 0.312. The Labute approximate surface area is 234 Å². The van der Waals surface area contributed by atoms with Crippen LogP contribution in [0, 0.1) is 19.3 Å². The molecule has 4 aromatic rings. The summed E-state index contributed by atoms with van der Waals surface area (Å²) in [5.41, 5.74) is 8.10. The summed E-state index contributed by atoms with van der Waals surface area (Å²) in [6.45, 7) is 10.7. The predicted octanol–water partition coefficient (Wildman–Crippen LogP) is 5.37. The van der Waals surface area contributed by atoms with Crippen molar-refractivity contribution in [3.63, 3.8) is 0 Å². The highest BCUT2D eigenvalue weighted by molar-refractivity contribution is 6.62. The zero-order valence-corrected chi connectivity index (χ0v) is 23.5. The maximum absolute atomic E-state index is 13.5. The van der Waals surface area contributed by atoms with Gasteiger partial charge in [0.15, 0.2) is 5.43 Å². The molecular formula is C32H34BN3O4. The standard InChI is InChI=1S/C32H34BN3O4/c1-20-15-24(30-26(16-20)29(37)21(2)31(39-30)36-13-11-32(3,4)12-14-36)18-34-28-8-6-5-7-25(28)22-9-10-27-23(17-22)19-35-40-33(27)38/h5-10,15-17,19,34,38H,11-14,18H2,1-4H3. The average molecular weight is 535 g/mol. The maximum Gasteiger partial charge on any atom is 0.583 e. The number of hydrogen-bond acceptors (Lipinski definition) is 7. The van der Waals surface area contributed by atoms with Crippen LogP contribution in [0.5, 0.6) is 0 Å². The zero-order chi connectivity index (χ0) is 28.0. The summed E-state index contributed by atoms with van der Waals surface area (Å²) in [4.78, 5) is 15.8. The Morgan fingerprint density at radius 2 is 1.85 bits per heavy atom. The molecular weight excluding hydrogens is 501 g/mol. The van der Waals surface area contributed by atoms with Crippen LogP contribution in [0.3, 0.4) is 0 Å². The van der Waals surface area contributed by atoms with Gasteiger partial charge in [-0.15, -0.1) is 5.16 Å². The van der Waals surface area contributed by atoms with Crippen LogP contribution in [0.2, 0.25) is 0 Å². The molecule has 0 amide bonds. The number of aryl methyl sites for hydroxylation is 1. The first kappa shape index (κ1) is 26.2. The van der Waals surface area contributed by atoms with Gasteiger partial charge in [0.25, 0.3) is 0 Å². The lowest BCUT2D eigenvalue weighted by Gasteiger charge is -2.37.